The molecule has 1 aromatic carbocycles. The fraction of sp³-hybridized carbons (Fsp3) is 0.533. The van der Waals surface area contributed by atoms with Crippen LogP contribution in [0.1, 0.15) is 12.0 Å². The SMILES string of the molecule is COC(=O)CCN1CCN(c2ccccc2C)CC1. The lowest BCUT2D eigenvalue weighted by Gasteiger charge is -2.36. The molecule has 0 atom stereocenters. The number of para-hydroxylation sites is 1. The van der Waals surface area contributed by atoms with Crippen molar-refractivity contribution in [2.75, 3.05) is 44.7 Å². The Labute approximate surface area is 115 Å². The predicted molar refractivity (Wildman–Crippen MR) is 76.5 cm³/mol. The Morgan fingerprint density at radius 1 is 1.21 bits per heavy atom. The molecule has 1 heterocycles. The molecule has 0 saturated carbocycles. The standard InChI is InChI=1S/C15H22N2O2/c1-13-5-3-4-6-14(13)17-11-9-16(10-12-17)8-7-15(18)19-2/h3-6H,7-12H2,1-2H3. The molecule has 1 fully saturated rings. The van der Waals surface area contributed by atoms with Crippen molar-refractivity contribution in [2.24, 2.45) is 0 Å². The molecular weight excluding hydrogens is 240 g/mol. The number of carbonyl (C=O) groups is 1. The number of nitrogens with zero attached hydrogens (tertiary/aromatic N) is 2. The molecule has 0 spiro atoms. The number of esters is 1. The first-order valence-electron chi connectivity index (χ1n) is 6.80. The molecular formula is C15H22N2O2. The molecule has 1 aromatic rings. The molecule has 0 aliphatic carbocycles. The fourth-order valence-corrected chi connectivity index (χ4v) is 2.48. The normalized spacial score (nSPS) is 16.4. The Morgan fingerprint density at radius 3 is 2.53 bits per heavy atom. The summed E-state index contributed by atoms with van der Waals surface area (Å²) in [5, 5.41) is 0. The van der Waals surface area contributed by atoms with Crippen LogP contribution in [0.4, 0.5) is 5.69 Å². The van der Waals surface area contributed by atoms with E-state index in [0.717, 1.165) is 32.7 Å². The minimum atomic E-state index is -0.124. The Kier molecular flexibility index (Phi) is 4.80. The number of benzene rings is 1. The van der Waals surface area contributed by atoms with Gasteiger partial charge in [-0.15, -0.1) is 0 Å². The van der Waals surface area contributed by atoms with Gasteiger partial charge in [0.15, 0.2) is 0 Å². The van der Waals surface area contributed by atoms with Crippen molar-refractivity contribution < 1.29 is 9.53 Å². The summed E-state index contributed by atoms with van der Waals surface area (Å²) in [5.41, 5.74) is 2.65. The molecule has 104 valence electrons. The number of piperazine rings is 1. The largest absolute Gasteiger partial charge is 0.469 e. The molecule has 19 heavy (non-hydrogen) atoms. The zero-order valence-electron chi connectivity index (χ0n) is 11.8. The highest BCUT2D eigenvalue weighted by Crippen LogP contribution is 2.20. The molecule has 1 saturated heterocycles. The highest BCUT2D eigenvalue weighted by Gasteiger charge is 2.18. The van der Waals surface area contributed by atoms with Crippen molar-refractivity contribution in [1.82, 2.24) is 4.90 Å². The lowest BCUT2D eigenvalue weighted by atomic mass is 10.1. The number of aryl methyl sites for hydroxylation is 1. The summed E-state index contributed by atoms with van der Waals surface area (Å²) in [6.45, 7) is 7.00. The van der Waals surface area contributed by atoms with Gasteiger partial charge in [-0.3, -0.25) is 9.69 Å². The van der Waals surface area contributed by atoms with Crippen LogP contribution in [0, 0.1) is 6.92 Å². The van der Waals surface area contributed by atoms with Crippen molar-refractivity contribution in [3.63, 3.8) is 0 Å². The zero-order chi connectivity index (χ0) is 13.7. The molecule has 4 nitrogen and oxygen atoms in total. The second-order valence-electron chi connectivity index (χ2n) is 4.94. The van der Waals surface area contributed by atoms with Gasteiger partial charge in [0.05, 0.1) is 13.5 Å². The van der Waals surface area contributed by atoms with Crippen LogP contribution < -0.4 is 4.90 Å². The van der Waals surface area contributed by atoms with Crippen molar-refractivity contribution >= 4 is 11.7 Å². The maximum atomic E-state index is 11.1. The maximum Gasteiger partial charge on any atom is 0.306 e. The van der Waals surface area contributed by atoms with Gasteiger partial charge in [0.2, 0.25) is 0 Å². The number of methoxy groups -OCH3 is 1. The summed E-state index contributed by atoms with van der Waals surface area (Å²) >= 11 is 0. The third kappa shape index (κ3) is 3.70. The van der Waals surface area contributed by atoms with E-state index in [4.69, 9.17) is 0 Å². The van der Waals surface area contributed by atoms with Gasteiger partial charge in [-0.05, 0) is 18.6 Å². The van der Waals surface area contributed by atoms with Crippen LogP contribution >= 0.6 is 0 Å². The Morgan fingerprint density at radius 2 is 1.89 bits per heavy atom. The second-order valence-corrected chi connectivity index (χ2v) is 4.94. The summed E-state index contributed by atoms with van der Waals surface area (Å²) < 4.78 is 4.67. The van der Waals surface area contributed by atoms with Crippen LogP contribution in [0.5, 0.6) is 0 Å². The van der Waals surface area contributed by atoms with E-state index in [1.54, 1.807) is 0 Å². The summed E-state index contributed by atoms with van der Waals surface area (Å²) in [4.78, 5) is 15.9. The average molecular weight is 262 g/mol. The van der Waals surface area contributed by atoms with Crippen LogP contribution in [0.15, 0.2) is 24.3 Å². The molecule has 0 unspecified atom stereocenters. The number of hydrogen-bond donors (Lipinski definition) is 0. The predicted octanol–water partition coefficient (Wildman–Crippen LogP) is 1.68. The van der Waals surface area contributed by atoms with E-state index in [1.165, 1.54) is 18.4 Å². The molecule has 4 heteroatoms. The molecule has 1 aliphatic heterocycles. The maximum absolute atomic E-state index is 11.1. The van der Waals surface area contributed by atoms with Crippen LogP contribution in [-0.2, 0) is 9.53 Å². The van der Waals surface area contributed by atoms with Gasteiger partial charge in [0, 0.05) is 38.4 Å². The summed E-state index contributed by atoms with van der Waals surface area (Å²) in [6.07, 6.45) is 0.487. The molecule has 0 amide bonds. The molecule has 1 aliphatic rings. The molecule has 0 N–H and O–H groups in total. The van der Waals surface area contributed by atoms with Crippen LogP contribution in [0.25, 0.3) is 0 Å². The molecule has 0 bridgehead atoms. The Bertz CT molecular complexity index is 426. The van der Waals surface area contributed by atoms with E-state index >= 15 is 0 Å². The van der Waals surface area contributed by atoms with Crippen molar-refractivity contribution in [3.05, 3.63) is 29.8 Å². The minimum absolute atomic E-state index is 0.124. The van der Waals surface area contributed by atoms with E-state index < -0.39 is 0 Å². The van der Waals surface area contributed by atoms with Crippen molar-refractivity contribution in [2.45, 2.75) is 13.3 Å². The van der Waals surface area contributed by atoms with Crippen LogP contribution in [-0.4, -0.2) is 50.7 Å². The van der Waals surface area contributed by atoms with Crippen molar-refractivity contribution in [1.29, 1.82) is 0 Å². The van der Waals surface area contributed by atoms with E-state index in [0.29, 0.717) is 6.42 Å². The topological polar surface area (TPSA) is 32.8 Å². The van der Waals surface area contributed by atoms with Gasteiger partial charge < -0.3 is 9.64 Å². The minimum Gasteiger partial charge on any atom is -0.469 e. The smallest absolute Gasteiger partial charge is 0.306 e. The van der Waals surface area contributed by atoms with Crippen LogP contribution in [0.2, 0.25) is 0 Å². The zero-order valence-corrected chi connectivity index (χ0v) is 11.8. The first-order valence-corrected chi connectivity index (χ1v) is 6.80. The van der Waals surface area contributed by atoms with Gasteiger partial charge in [0.25, 0.3) is 0 Å². The number of hydrogen-bond acceptors (Lipinski definition) is 4. The second kappa shape index (κ2) is 6.57. The summed E-state index contributed by atoms with van der Waals surface area (Å²) in [5.74, 6) is -0.124. The van der Waals surface area contributed by atoms with Gasteiger partial charge in [-0.1, -0.05) is 18.2 Å². The quantitative estimate of drug-likeness (QED) is 0.773. The molecule has 0 radical (unpaired) electrons. The van der Waals surface area contributed by atoms with Crippen molar-refractivity contribution in [3.8, 4) is 0 Å². The number of ether oxygens (including phenoxy) is 1. The van der Waals surface area contributed by atoms with Gasteiger partial charge >= 0.3 is 5.97 Å². The first-order chi connectivity index (χ1) is 9.20. The monoisotopic (exact) mass is 262 g/mol. The number of rotatable bonds is 4. The van der Waals surface area contributed by atoms with E-state index in [-0.39, 0.29) is 5.97 Å². The van der Waals surface area contributed by atoms with Gasteiger partial charge in [-0.2, -0.15) is 0 Å². The van der Waals surface area contributed by atoms with E-state index in [1.807, 2.05) is 0 Å². The summed E-state index contributed by atoms with van der Waals surface area (Å²) in [6, 6.07) is 8.50. The third-order valence-corrected chi connectivity index (χ3v) is 3.69. The number of carbonyl (C=O) groups excluding carboxylic acids is 1. The highest BCUT2D eigenvalue weighted by atomic mass is 16.5. The van der Waals surface area contributed by atoms with E-state index in [9.17, 15) is 4.79 Å². The summed E-state index contributed by atoms with van der Waals surface area (Å²) in [7, 11) is 1.44. The lowest BCUT2D eigenvalue weighted by molar-refractivity contribution is -0.141. The average Bonchev–Trinajstić information content (AvgIpc) is 2.46. The molecule has 2 rings (SSSR count). The van der Waals surface area contributed by atoms with E-state index in [2.05, 4.69) is 45.7 Å². The Hall–Kier alpha value is -1.55. The third-order valence-electron chi connectivity index (χ3n) is 3.69. The number of anilines is 1. The van der Waals surface area contributed by atoms with Crippen LogP contribution in [0.3, 0.4) is 0 Å². The first kappa shape index (κ1) is 13.9. The fourth-order valence-electron chi connectivity index (χ4n) is 2.48. The van der Waals surface area contributed by atoms with Gasteiger partial charge in [0.1, 0.15) is 0 Å². The highest BCUT2D eigenvalue weighted by molar-refractivity contribution is 5.69. The lowest BCUT2D eigenvalue weighted by Crippen LogP contribution is -2.47. The van der Waals surface area contributed by atoms with Gasteiger partial charge in [-0.25, -0.2) is 0 Å². The Balaban J connectivity index is 1.83. The molecule has 0 aromatic heterocycles.